The summed E-state index contributed by atoms with van der Waals surface area (Å²) in [5.41, 5.74) is 0.0141. The lowest BCUT2D eigenvalue weighted by molar-refractivity contribution is -1.02. The highest BCUT2D eigenvalue weighted by atomic mass is 19.4. The maximum Gasteiger partial charge on any atom is 0.453 e. The number of piperazine rings is 1. The third kappa shape index (κ3) is 4.90. The molecule has 1 saturated heterocycles. The molecule has 182 valence electrons. The van der Waals surface area contributed by atoms with Crippen LogP contribution < -0.4 is 20.0 Å². The molecule has 0 spiro atoms. The van der Waals surface area contributed by atoms with E-state index in [4.69, 9.17) is 9.15 Å². The summed E-state index contributed by atoms with van der Waals surface area (Å²) in [6, 6.07) is 9.10. The van der Waals surface area contributed by atoms with Crippen LogP contribution in [0.4, 0.5) is 13.2 Å². The van der Waals surface area contributed by atoms with Crippen molar-refractivity contribution in [2.75, 3.05) is 32.7 Å². The van der Waals surface area contributed by atoms with Crippen LogP contribution in [0, 0.1) is 0 Å². The number of fused-ring (bicyclic) bond motifs is 1. The van der Waals surface area contributed by atoms with Crippen molar-refractivity contribution in [3.63, 3.8) is 0 Å². The molecule has 0 amide bonds. The van der Waals surface area contributed by atoms with E-state index in [0.717, 1.165) is 49.6 Å². The number of quaternary nitrogens is 2. The van der Waals surface area contributed by atoms with Gasteiger partial charge in [0.2, 0.25) is 11.2 Å². The van der Waals surface area contributed by atoms with E-state index >= 15 is 0 Å². The number of phenolic OH excluding ortho intramolecular Hbond substituents is 1. The highest BCUT2D eigenvalue weighted by Crippen LogP contribution is 2.39. The number of likely N-dealkylation sites (N-methyl/N-ethyl adjacent to an activating group) is 1. The fourth-order valence-corrected chi connectivity index (χ4v) is 4.39. The van der Waals surface area contributed by atoms with Gasteiger partial charge in [-0.3, -0.25) is 4.79 Å². The van der Waals surface area contributed by atoms with Crippen molar-refractivity contribution in [1.82, 2.24) is 0 Å². The Labute approximate surface area is 195 Å². The monoisotopic (exact) mass is 478 g/mol. The van der Waals surface area contributed by atoms with E-state index in [1.54, 1.807) is 12.1 Å². The Hall–Kier alpha value is -3.04. The molecule has 1 aliphatic heterocycles. The number of rotatable bonds is 6. The highest BCUT2D eigenvalue weighted by Gasteiger charge is 2.41. The predicted molar refractivity (Wildman–Crippen MR) is 121 cm³/mol. The molecule has 0 bridgehead atoms. The van der Waals surface area contributed by atoms with E-state index in [1.165, 1.54) is 29.2 Å². The lowest BCUT2D eigenvalue weighted by Crippen LogP contribution is -3.27. The first-order chi connectivity index (χ1) is 16.2. The molecule has 1 fully saturated rings. The number of benzene rings is 2. The fourth-order valence-electron chi connectivity index (χ4n) is 4.39. The highest BCUT2D eigenvalue weighted by molar-refractivity contribution is 5.83. The minimum Gasteiger partial charge on any atom is -0.507 e. The van der Waals surface area contributed by atoms with Crippen LogP contribution in [0.15, 0.2) is 45.6 Å². The maximum atomic E-state index is 14.0. The number of aromatic hydroxyl groups is 1. The molecule has 0 radical (unpaired) electrons. The Morgan fingerprint density at radius 1 is 1.00 bits per heavy atom. The van der Waals surface area contributed by atoms with Crippen molar-refractivity contribution in [3.8, 4) is 17.2 Å². The van der Waals surface area contributed by atoms with Crippen LogP contribution in [0.5, 0.6) is 17.2 Å². The molecule has 9 heteroatoms. The van der Waals surface area contributed by atoms with Crippen LogP contribution in [0.3, 0.4) is 0 Å². The number of phenols is 1. The minimum atomic E-state index is -4.96. The lowest BCUT2D eigenvalue weighted by atomic mass is 10.1. The summed E-state index contributed by atoms with van der Waals surface area (Å²) in [6.07, 6.45) is -4.20. The second-order valence-electron chi connectivity index (χ2n) is 8.66. The predicted octanol–water partition coefficient (Wildman–Crippen LogP) is 2.18. The van der Waals surface area contributed by atoms with Crippen molar-refractivity contribution in [2.45, 2.75) is 33.0 Å². The van der Waals surface area contributed by atoms with E-state index in [-0.39, 0.29) is 34.6 Å². The van der Waals surface area contributed by atoms with Gasteiger partial charge in [0.1, 0.15) is 44.2 Å². The van der Waals surface area contributed by atoms with Crippen LogP contribution >= 0.6 is 0 Å². The zero-order valence-electron chi connectivity index (χ0n) is 19.2. The van der Waals surface area contributed by atoms with Crippen molar-refractivity contribution in [3.05, 3.63) is 63.5 Å². The zero-order chi connectivity index (χ0) is 24.5. The quantitative estimate of drug-likeness (QED) is 0.508. The molecular weight excluding hydrogens is 449 g/mol. The van der Waals surface area contributed by atoms with Crippen LogP contribution in [-0.2, 0) is 19.1 Å². The first-order valence-corrected chi connectivity index (χ1v) is 11.5. The van der Waals surface area contributed by atoms with Crippen LogP contribution in [-0.4, -0.2) is 37.8 Å². The van der Waals surface area contributed by atoms with Gasteiger partial charge in [-0.25, -0.2) is 0 Å². The summed E-state index contributed by atoms with van der Waals surface area (Å²) in [5, 5.41) is 10.4. The van der Waals surface area contributed by atoms with Gasteiger partial charge in [-0.15, -0.1) is 0 Å². The Morgan fingerprint density at radius 2 is 1.65 bits per heavy atom. The van der Waals surface area contributed by atoms with Gasteiger partial charge in [0, 0.05) is 0 Å². The average Bonchev–Trinajstić information content (AvgIpc) is 2.82. The lowest BCUT2D eigenvalue weighted by Gasteiger charge is -2.29. The normalized spacial score (nSPS) is 18.9. The number of hydrogen-bond acceptors (Lipinski definition) is 4. The van der Waals surface area contributed by atoms with Gasteiger partial charge < -0.3 is 24.1 Å². The van der Waals surface area contributed by atoms with Crippen molar-refractivity contribution in [2.24, 2.45) is 0 Å². The molecule has 0 aliphatic carbocycles. The second kappa shape index (κ2) is 9.68. The third-order valence-electron chi connectivity index (χ3n) is 6.50. The van der Waals surface area contributed by atoms with Crippen LogP contribution in [0.25, 0.3) is 11.0 Å². The molecule has 34 heavy (non-hydrogen) atoms. The Balaban J connectivity index is 1.78. The zero-order valence-corrected chi connectivity index (χ0v) is 19.2. The van der Waals surface area contributed by atoms with Gasteiger partial charge in [0.25, 0.3) is 5.76 Å². The average molecular weight is 479 g/mol. The second-order valence-corrected chi connectivity index (χ2v) is 8.66. The van der Waals surface area contributed by atoms with E-state index in [9.17, 15) is 23.1 Å². The van der Waals surface area contributed by atoms with E-state index < -0.39 is 23.1 Å². The largest absolute Gasteiger partial charge is 0.507 e. The molecule has 2 heterocycles. The van der Waals surface area contributed by atoms with Crippen LogP contribution in [0.2, 0.25) is 0 Å². The van der Waals surface area contributed by atoms with Gasteiger partial charge in [0.15, 0.2) is 5.58 Å². The number of alkyl halides is 3. The van der Waals surface area contributed by atoms with Crippen molar-refractivity contribution < 1.29 is 37.2 Å². The molecule has 0 unspecified atom stereocenters. The standard InChI is InChI=1S/C25H27F3N2O4/c1-3-16-5-7-17(8-6-16)33-23-21(32)18-9-10-20(31)19(22(18)34-24(23)25(26,27)28)15-30-13-11-29(4-2)12-14-30/h5-10,31H,3-4,11-15H2,1-2H3/p+2. The van der Waals surface area contributed by atoms with Crippen molar-refractivity contribution in [1.29, 1.82) is 0 Å². The Morgan fingerprint density at radius 3 is 2.24 bits per heavy atom. The summed E-state index contributed by atoms with van der Waals surface area (Å²) < 4.78 is 52.6. The summed E-state index contributed by atoms with van der Waals surface area (Å²) >= 11 is 0. The van der Waals surface area contributed by atoms with Gasteiger partial charge in [-0.2, -0.15) is 13.2 Å². The minimum absolute atomic E-state index is 0.0572. The first kappa shape index (κ1) is 24.1. The molecule has 0 atom stereocenters. The Bertz CT molecular complexity index is 1210. The van der Waals surface area contributed by atoms with E-state index in [0.29, 0.717) is 0 Å². The molecule has 4 rings (SSSR count). The molecule has 0 saturated carbocycles. The van der Waals surface area contributed by atoms with E-state index in [2.05, 4.69) is 6.92 Å². The fraction of sp³-hybridized carbons (Fsp3) is 0.400. The third-order valence-corrected chi connectivity index (χ3v) is 6.50. The first-order valence-electron chi connectivity index (χ1n) is 11.5. The number of ether oxygens (including phenoxy) is 1. The van der Waals surface area contributed by atoms with Gasteiger partial charge >= 0.3 is 6.18 Å². The van der Waals surface area contributed by atoms with Crippen molar-refractivity contribution >= 4 is 11.0 Å². The summed E-state index contributed by atoms with van der Waals surface area (Å²) in [6.45, 7) is 8.83. The molecule has 3 N–H and O–H groups in total. The van der Waals surface area contributed by atoms with E-state index in [1.807, 2.05) is 6.92 Å². The number of halogens is 3. The molecule has 6 nitrogen and oxygen atoms in total. The topological polar surface area (TPSA) is 68.6 Å². The molecule has 2 aromatic carbocycles. The summed E-state index contributed by atoms with van der Waals surface area (Å²) in [5.74, 6) is -2.50. The van der Waals surface area contributed by atoms with Gasteiger partial charge in [-0.1, -0.05) is 19.1 Å². The number of aryl methyl sites for hydroxylation is 1. The summed E-state index contributed by atoms with van der Waals surface area (Å²) in [7, 11) is 0. The molecule has 1 aromatic heterocycles. The summed E-state index contributed by atoms with van der Waals surface area (Å²) in [4.78, 5) is 15.8. The number of hydrogen-bond donors (Lipinski definition) is 3. The molecule has 1 aliphatic rings. The molecule has 3 aromatic rings. The molecular formula is C25H29F3N2O4+2. The maximum absolute atomic E-state index is 14.0. The Kier molecular flexibility index (Phi) is 6.86. The van der Waals surface area contributed by atoms with Gasteiger partial charge in [-0.05, 0) is 43.2 Å². The number of nitrogens with one attached hydrogen (secondary N) is 2. The van der Waals surface area contributed by atoms with Crippen LogP contribution in [0.1, 0.15) is 30.7 Å². The SMILES string of the molecule is CCc1ccc(Oc2c(C(F)(F)F)oc3c(C[NH+]4CC[NH+](CC)CC4)c(O)ccc3c2=O)cc1. The smallest absolute Gasteiger partial charge is 0.453 e. The van der Waals surface area contributed by atoms with Gasteiger partial charge in [0.05, 0.1) is 17.5 Å².